The minimum atomic E-state index is -0.893. The molecule has 1 atom stereocenters. The van der Waals surface area contributed by atoms with Crippen LogP contribution in [0.15, 0.2) is 24.3 Å². The van der Waals surface area contributed by atoms with Crippen molar-refractivity contribution in [1.29, 1.82) is 0 Å². The van der Waals surface area contributed by atoms with Crippen molar-refractivity contribution >= 4 is 11.7 Å². The fourth-order valence-corrected chi connectivity index (χ4v) is 2.34. The van der Waals surface area contributed by atoms with Crippen LogP contribution in [0.4, 0.5) is 10.1 Å². The lowest BCUT2D eigenvalue weighted by atomic mass is 9.90. The number of nitrogens with one attached hydrogen (secondary N) is 1. The summed E-state index contributed by atoms with van der Waals surface area (Å²) in [6, 6.07) is 6.58. The summed E-state index contributed by atoms with van der Waals surface area (Å²) < 4.78 is 13.6. The summed E-state index contributed by atoms with van der Waals surface area (Å²) in [4.78, 5) is 13.2. The second kappa shape index (κ2) is 7.24. The minimum absolute atomic E-state index is 0.261. The molecule has 2 N–H and O–H groups in total. The molecule has 1 rings (SSSR count). The number of rotatable bonds is 8. The molecule has 0 saturated heterocycles. The molecular weight excluding hydrogens is 259 g/mol. The van der Waals surface area contributed by atoms with Crippen LogP contribution in [0.5, 0.6) is 0 Å². The van der Waals surface area contributed by atoms with E-state index in [4.69, 9.17) is 0 Å². The topological polar surface area (TPSA) is 52.6 Å². The summed E-state index contributed by atoms with van der Waals surface area (Å²) >= 11 is 0. The average molecular weight is 282 g/mol. The molecule has 112 valence electrons. The number of carboxylic acids is 1. The summed E-state index contributed by atoms with van der Waals surface area (Å²) in [5.74, 6) is -1.10. The van der Waals surface area contributed by atoms with E-state index in [0.717, 1.165) is 0 Å². The number of halogens is 1. The van der Waals surface area contributed by atoms with Gasteiger partial charge in [0.2, 0.25) is 0 Å². The number of likely N-dealkylation sites (N-methyl/N-ethyl adjacent to an activating group) is 1. The van der Waals surface area contributed by atoms with Crippen molar-refractivity contribution in [2.75, 3.05) is 25.5 Å². The second-order valence-corrected chi connectivity index (χ2v) is 4.97. The number of hydrogen-bond acceptors (Lipinski definition) is 3. The Kier molecular flexibility index (Phi) is 5.95. The Hall–Kier alpha value is -1.62. The number of carboxylic acid groups (broad SMARTS) is 1. The lowest BCUT2D eigenvalue weighted by Crippen LogP contribution is -2.50. The second-order valence-electron chi connectivity index (χ2n) is 4.97. The summed E-state index contributed by atoms with van der Waals surface area (Å²) in [7, 11) is 3.48. The van der Waals surface area contributed by atoms with Gasteiger partial charge in [0.25, 0.3) is 0 Å². The van der Waals surface area contributed by atoms with Crippen molar-refractivity contribution in [2.45, 2.75) is 31.7 Å². The molecule has 1 aromatic rings. The molecule has 4 nitrogen and oxygen atoms in total. The van der Waals surface area contributed by atoms with E-state index in [-0.39, 0.29) is 5.82 Å². The number of hydrogen-bond donors (Lipinski definition) is 2. The van der Waals surface area contributed by atoms with Crippen LogP contribution in [0.25, 0.3) is 0 Å². The summed E-state index contributed by atoms with van der Waals surface area (Å²) in [5.41, 5.74) is -0.356. The molecule has 0 aromatic heterocycles. The first-order valence-corrected chi connectivity index (χ1v) is 6.85. The van der Waals surface area contributed by atoms with Crippen molar-refractivity contribution in [3.8, 4) is 0 Å². The summed E-state index contributed by atoms with van der Waals surface area (Å²) in [5, 5.41) is 12.2. The Morgan fingerprint density at radius 1 is 1.45 bits per heavy atom. The van der Waals surface area contributed by atoms with E-state index in [9.17, 15) is 14.3 Å². The van der Waals surface area contributed by atoms with E-state index in [2.05, 4.69) is 5.32 Å². The third-order valence-corrected chi connectivity index (χ3v) is 3.85. The van der Waals surface area contributed by atoms with Crippen LogP contribution in [0.3, 0.4) is 0 Å². The number of benzene rings is 1. The predicted octanol–water partition coefficient (Wildman–Crippen LogP) is 2.49. The van der Waals surface area contributed by atoms with Gasteiger partial charge in [0.05, 0.1) is 5.69 Å². The minimum Gasteiger partial charge on any atom is -0.480 e. The smallest absolute Gasteiger partial charge is 0.323 e. The molecule has 1 unspecified atom stereocenters. The molecule has 0 fully saturated rings. The zero-order valence-corrected chi connectivity index (χ0v) is 12.3. The molecule has 0 saturated carbocycles. The molecule has 0 spiro atoms. The highest BCUT2D eigenvalue weighted by molar-refractivity contribution is 5.78. The molecule has 0 heterocycles. The Bertz CT molecular complexity index is 447. The molecule has 0 aliphatic rings. The summed E-state index contributed by atoms with van der Waals surface area (Å²) in [6.45, 7) is 2.46. The van der Waals surface area contributed by atoms with Gasteiger partial charge in [-0.3, -0.25) is 4.79 Å². The highest BCUT2D eigenvalue weighted by Crippen LogP contribution is 2.21. The largest absolute Gasteiger partial charge is 0.480 e. The molecular formula is C15H23FN2O2. The number of anilines is 1. The van der Waals surface area contributed by atoms with E-state index in [0.29, 0.717) is 31.5 Å². The van der Waals surface area contributed by atoms with Gasteiger partial charge in [-0.1, -0.05) is 19.1 Å². The van der Waals surface area contributed by atoms with E-state index < -0.39 is 11.5 Å². The normalized spacial score (nSPS) is 13.8. The van der Waals surface area contributed by atoms with Crippen LogP contribution in [-0.4, -0.2) is 37.3 Å². The third kappa shape index (κ3) is 3.70. The first-order valence-electron chi connectivity index (χ1n) is 6.85. The van der Waals surface area contributed by atoms with Crippen LogP contribution >= 0.6 is 0 Å². The van der Waals surface area contributed by atoms with Crippen molar-refractivity contribution in [3.63, 3.8) is 0 Å². The number of nitrogens with zero attached hydrogens (tertiary/aromatic N) is 1. The summed E-state index contributed by atoms with van der Waals surface area (Å²) in [6.07, 6.45) is 1.70. The van der Waals surface area contributed by atoms with Crippen LogP contribution in [0, 0.1) is 5.82 Å². The average Bonchev–Trinajstić information content (AvgIpc) is 2.44. The molecule has 0 bridgehead atoms. The van der Waals surface area contributed by atoms with Crippen LogP contribution in [0.1, 0.15) is 26.2 Å². The van der Waals surface area contributed by atoms with Gasteiger partial charge >= 0.3 is 5.97 Å². The van der Waals surface area contributed by atoms with E-state index >= 15 is 0 Å². The highest BCUT2D eigenvalue weighted by atomic mass is 19.1. The molecule has 0 radical (unpaired) electrons. The molecule has 20 heavy (non-hydrogen) atoms. The van der Waals surface area contributed by atoms with Crippen molar-refractivity contribution < 1.29 is 14.3 Å². The van der Waals surface area contributed by atoms with Gasteiger partial charge < -0.3 is 15.3 Å². The number of carbonyl (C=O) groups is 1. The van der Waals surface area contributed by atoms with Crippen molar-refractivity contribution in [1.82, 2.24) is 5.32 Å². The fourth-order valence-electron chi connectivity index (χ4n) is 2.34. The fraction of sp³-hybridized carbons (Fsp3) is 0.533. The lowest BCUT2D eigenvalue weighted by molar-refractivity contribution is -0.145. The maximum atomic E-state index is 13.6. The molecule has 1 aromatic carbocycles. The molecule has 0 aliphatic carbocycles. The monoisotopic (exact) mass is 282 g/mol. The zero-order chi connectivity index (χ0) is 15.2. The van der Waals surface area contributed by atoms with Crippen LogP contribution < -0.4 is 10.2 Å². The van der Waals surface area contributed by atoms with Gasteiger partial charge in [0, 0.05) is 13.6 Å². The number of para-hydroxylation sites is 1. The first-order chi connectivity index (χ1) is 9.46. The van der Waals surface area contributed by atoms with Gasteiger partial charge in [0.15, 0.2) is 0 Å². The lowest BCUT2D eigenvalue weighted by Gasteiger charge is -2.29. The SMILES string of the molecule is CCC(CCCN(C)c1ccccc1F)(NC)C(=O)O. The Labute approximate surface area is 119 Å². The van der Waals surface area contributed by atoms with Crippen LogP contribution in [-0.2, 0) is 4.79 Å². The highest BCUT2D eigenvalue weighted by Gasteiger charge is 2.34. The first kappa shape index (κ1) is 16.4. The van der Waals surface area contributed by atoms with Crippen molar-refractivity contribution in [3.05, 3.63) is 30.1 Å². The Balaban J connectivity index is 2.60. The quantitative estimate of drug-likeness (QED) is 0.769. The Morgan fingerprint density at radius 3 is 2.60 bits per heavy atom. The standard InChI is InChI=1S/C15H23FN2O2/c1-4-15(17-2,14(19)20)10-7-11-18(3)13-9-6-5-8-12(13)16/h5-6,8-9,17H,4,7,10-11H2,1-3H3,(H,19,20). The zero-order valence-electron chi connectivity index (χ0n) is 12.3. The maximum absolute atomic E-state index is 13.6. The molecule has 0 amide bonds. The Morgan fingerprint density at radius 2 is 2.10 bits per heavy atom. The molecule has 0 aliphatic heterocycles. The van der Waals surface area contributed by atoms with Gasteiger partial charge in [-0.25, -0.2) is 4.39 Å². The molecule has 5 heteroatoms. The van der Waals surface area contributed by atoms with E-state index in [1.54, 1.807) is 25.2 Å². The van der Waals surface area contributed by atoms with Gasteiger partial charge in [-0.15, -0.1) is 0 Å². The van der Waals surface area contributed by atoms with E-state index in [1.807, 2.05) is 18.9 Å². The van der Waals surface area contributed by atoms with Gasteiger partial charge in [-0.2, -0.15) is 0 Å². The maximum Gasteiger partial charge on any atom is 0.323 e. The van der Waals surface area contributed by atoms with Gasteiger partial charge in [0.1, 0.15) is 11.4 Å². The number of aliphatic carboxylic acids is 1. The van der Waals surface area contributed by atoms with E-state index in [1.165, 1.54) is 6.07 Å². The third-order valence-electron chi connectivity index (χ3n) is 3.85. The predicted molar refractivity (Wildman–Crippen MR) is 78.6 cm³/mol. The van der Waals surface area contributed by atoms with Crippen molar-refractivity contribution in [2.24, 2.45) is 0 Å². The van der Waals surface area contributed by atoms with Gasteiger partial charge in [-0.05, 0) is 38.4 Å². The van der Waals surface area contributed by atoms with Crippen LogP contribution in [0.2, 0.25) is 0 Å².